The lowest BCUT2D eigenvalue weighted by Crippen LogP contribution is -3.00. The van der Waals surface area contributed by atoms with E-state index in [4.69, 9.17) is 5.11 Å². The average Bonchev–Trinajstić information content (AvgIpc) is 2.30. The SMILES string of the molecule is CC1CCC(C)[N+]1(C)CCCO.[Br-]. The molecule has 1 aliphatic rings. The molecule has 1 heterocycles. The van der Waals surface area contributed by atoms with Gasteiger partial charge in [0.05, 0.1) is 25.7 Å². The molecule has 13 heavy (non-hydrogen) atoms. The van der Waals surface area contributed by atoms with Crippen molar-refractivity contribution in [2.24, 2.45) is 0 Å². The van der Waals surface area contributed by atoms with Crippen LogP contribution in [0.25, 0.3) is 0 Å². The molecule has 0 spiro atoms. The van der Waals surface area contributed by atoms with E-state index in [0.717, 1.165) is 25.0 Å². The van der Waals surface area contributed by atoms with E-state index in [2.05, 4.69) is 20.9 Å². The Kier molecular flexibility index (Phi) is 5.49. The van der Waals surface area contributed by atoms with E-state index in [1.807, 2.05) is 0 Å². The van der Waals surface area contributed by atoms with Crippen LogP contribution in [-0.2, 0) is 0 Å². The maximum Gasteiger partial charge on any atom is 0.0864 e. The predicted molar refractivity (Wildman–Crippen MR) is 50.9 cm³/mol. The fourth-order valence-electron chi connectivity index (χ4n) is 2.36. The summed E-state index contributed by atoms with van der Waals surface area (Å²) >= 11 is 0. The number of likely N-dealkylation sites (tertiary alicyclic amines) is 1. The van der Waals surface area contributed by atoms with E-state index < -0.39 is 0 Å². The van der Waals surface area contributed by atoms with Crippen LogP contribution in [0, 0.1) is 0 Å². The van der Waals surface area contributed by atoms with E-state index in [0.29, 0.717) is 6.61 Å². The molecule has 0 aromatic rings. The van der Waals surface area contributed by atoms with Crippen LogP contribution < -0.4 is 17.0 Å². The zero-order valence-corrected chi connectivity index (χ0v) is 10.5. The van der Waals surface area contributed by atoms with Gasteiger partial charge in [-0.25, -0.2) is 0 Å². The largest absolute Gasteiger partial charge is 1.00 e. The van der Waals surface area contributed by atoms with Gasteiger partial charge in [-0.3, -0.25) is 0 Å². The number of hydrogen-bond donors (Lipinski definition) is 1. The Morgan fingerprint density at radius 3 is 2.08 bits per heavy atom. The quantitative estimate of drug-likeness (QED) is 0.599. The van der Waals surface area contributed by atoms with Gasteiger partial charge in [0.1, 0.15) is 0 Å². The summed E-state index contributed by atoms with van der Waals surface area (Å²) in [7, 11) is 2.33. The van der Waals surface area contributed by atoms with Gasteiger partial charge in [0.15, 0.2) is 0 Å². The summed E-state index contributed by atoms with van der Waals surface area (Å²) in [6, 6.07) is 1.57. The molecule has 0 aliphatic carbocycles. The average molecular weight is 252 g/mol. The molecule has 1 fully saturated rings. The van der Waals surface area contributed by atoms with Crippen molar-refractivity contribution in [1.82, 2.24) is 0 Å². The van der Waals surface area contributed by atoms with E-state index >= 15 is 0 Å². The lowest BCUT2D eigenvalue weighted by Gasteiger charge is -2.38. The Hall–Kier alpha value is 0.400. The Morgan fingerprint density at radius 1 is 1.23 bits per heavy atom. The van der Waals surface area contributed by atoms with Crippen molar-refractivity contribution in [3.8, 4) is 0 Å². The van der Waals surface area contributed by atoms with Crippen molar-refractivity contribution in [1.29, 1.82) is 0 Å². The van der Waals surface area contributed by atoms with Gasteiger partial charge in [0.2, 0.25) is 0 Å². The minimum Gasteiger partial charge on any atom is -1.00 e. The summed E-state index contributed by atoms with van der Waals surface area (Å²) < 4.78 is 1.17. The number of aliphatic hydroxyl groups is 1. The Labute approximate surface area is 92.3 Å². The van der Waals surface area contributed by atoms with E-state index in [1.165, 1.54) is 17.3 Å². The van der Waals surface area contributed by atoms with Crippen LogP contribution >= 0.6 is 0 Å². The highest BCUT2D eigenvalue weighted by atomic mass is 79.9. The molecule has 0 saturated carbocycles. The van der Waals surface area contributed by atoms with Crippen molar-refractivity contribution in [2.75, 3.05) is 20.2 Å². The molecule has 0 bridgehead atoms. The monoisotopic (exact) mass is 251 g/mol. The van der Waals surface area contributed by atoms with Gasteiger partial charge >= 0.3 is 0 Å². The van der Waals surface area contributed by atoms with Gasteiger partial charge in [-0.1, -0.05) is 0 Å². The molecular formula is C10H22BrNO. The van der Waals surface area contributed by atoms with Crippen molar-refractivity contribution in [2.45, 2.75) is 45.2 Å². The van der Waals surface area contributed by atoms with Crippen LogP contribution in [0.1, 0.15) is 33.1 Å². The number of nitrogens with zero attached hydrogens (tertiary/aromatic N) is 1. The van der Waals surface area contributed by atoms with Crippen LogP contribution in [0.2, 0.25) is 0 Å². The molecular weight excluding hydrogens is 230 g/mol. The summed E-state index contributed by atoms with van der Waals surface area (Å²) in [5, 5.41) is 8.80. The molecule has 2 unspecified atom stereocenters. The summed E-state index contributed by atoms with van der Waals surface area (Å²) in [5.74, 6) is 0. The Bertz CT molecular complexity index is 142. The van der Waals surface area contributed by atoms with Gasteiger partial charge in [-0.15, -0.1) is 0 Å². The molecule has 3 heteroatoms. The number of rotatable bonds is 3. The Balaban J connectivity index is 0.00000144. The highest BCUT2D eigenvalue weighted by Crippen LogP contribution is 2.30. The third kappa shape index (κ3) is 2.67. The number of aliphatic hydroxyl groups excluding tert-OH is 1. The van der Waals surface area contributed by atoms with Crippen LogP contribution in [0.4, 0.5) is 0 Å². The molecule has 0 aromatic heterocycles. The third-order valence-corrected chi connectivity index (χ3v) is 3.81. The van der Waals surface area contributed by atoms with Gasteiger partial charge < -0.3 is 26.6 Å². The molecule has 1 N–H and O–H groups in total. The summed E-state index contributed by atoms with van der Waals surface area (Å²) in [6.45, 7) is 6.15. The van der Waals surface area contributed by atoms with Gasteiger partial charge in [-0.05, 0) is 13.8 Å². The number of hydrogen-bond acceptors (Lipinski definition) is 1. The highest BCUT2D eigenvalue weighted by Gasteiger charge is 2.40. The molecule has 0 amide bonds. The fraction of sp³-hybridized carbons (Fsp3) is 1.00. The molecule has 2 atom stereocenters. The van der Waals surface area contributed by atoms with Crippen molar-refractivity contribution >= 4 is 0 Å². The zero-order chi connectivity index (χ0) is 9.19. The lowest BCUT2D eigenvalue weighted by atomic mass is 10.2. The normalized spacial score (nSPS) is 38.8. The van der Waals surface area contributed by atoms with Crippen molar-refractivity contribution in [3.63, 3.8) is 0 Å². The van der Waals surface area contributed by atoms with Gasteiger partial charge in [-0.2, -0.15) is 0 Å². The van der Waals surface area contributed by atoms with Crippen LogP contribution in [0.15, 0.2) is 0 Å². The predicted octanol–water partition coefficient (Wildman–Crippen LogP) is -1.61. The molecule has 2 nitrogen and oxygen atoms in total. The second-order valence-corrected chi connectivity index (χ2v) is 4.42. The first-order chi connectivity index (χ1) is 5.61. The van der Waals surface area contributed by atoms with Crippen molar-refractivity contribution < 1.29 is 26.6 Å². The maximum absolute atomic E-state index is 8.80. The molecule has 1 aliphatic heterocycles. The number of halogens is 1. The summed E-state index contributed by atoms with van der Waals surface area (Å²) in [4.78, 5) is 0. The highest BCUT2D eigenvalue weighted by molar-refractivity contribution is 4.69. The van der Waals surface area contributed by atoms with Gasteiger partial charge in [0, 0.05) is 25.9 Å². The molecule has 0 aromatic carbocycles. The molecule has 0 radical (unpaired) electrons. The zero-order valence-electron chi connectivity index (χ0n) is 8.96. The van der Waals surface area contributed by atoms with Crippen LogP contribution in [0.5, 0.6) is 0 Å². The standard InChI is InChI=1S/C10H22NO.BrH/c1-9-5-6-10(2)11(9,3)7-4-8-12;/h9-10,12H,4-8H2,1-3H3;1H/q+1;/p-1. The maximum atomic E-state index is 8.80. The Morgan fingerprint density at radius 2 is 1.69 bits per heavy atom. The molecule has 1 saturated heterocycles. The first-order valence-electron chi connectivity index (χ1n) is 5.07. The van der Waals surface area contributed by atoms with E-state index in [1.54, 1.807) is 0 Å². The van der Waals surface area contributed by atoms with E-state index in [9.17, 15) is 0 Å². The van der Waals surface area contributed by atoms with Gasteiger partial charge in [0.25, 0.3) is 0 Å². The minimum atomic E-state index is 0. The summed E-state index contributed by atoms with van der Waals surface area (Å²) in [5.41, 5.74) is 0. The first-order valence-corrected chi connectivity index (χ1v) is 5.07. The van der Waals surface area contributed by atoms with Crippen molar-refractivity contribution in [3.05, 3.63) is 0 Å². The summed E-state index contributed by atoms with van der Waals surface area (Å²) in [6.07, 6.45) is 3.65. The molecule has 1 rings (SSSR count). The lowest BCUT2D eigenvalue weighted by molar-refractivity contribution is -0.940. The second-order valence-electron chi connectivity index (χ2n) is 4.42. The van der Waals surface area contributed by atoms with Crippen LogP contribution in [0.3, 0.4) is 0 Å². The number of quaternary nitrogens is 1. The second kappa shape index (κ2) is 5.32. The molecule has 80 valence electrons. The minimum absolute atomic E-state index is 0. The fourth-order valence-corrected chi connectivity index (χ4v) is 2.36. The first kappa shape index (κ1) is 13.4. The smallest absolute Gasteiger partial charge is 0.0864 e. The van der Waals surface area contributed by atoms with E-state index in [-0.39, 0.29) is 17.0 Å². The topological polar surface area (TPSA) is 20.2 Å². The third-order valence-electron chi connectivity index (χ3n) is 3.81. The van der Waals surface area contributed by atoms with Crippen LogP contribution in [-0.4, -0.2) is 41.9 Å².